The van der Waals surface area contributed by atoms with E-state index in [4.69, 9.17) is 9.84 Å². The molecule has 1 saturated heterocycles. The van der Waals surface area contributed by atoms with Crippen LogP contribution in [0.4, 0.5) is 5.82 Å². The summed E-state index contributed by atoms with van der Waals surface area (Å²) in [6.07, 6.45) is 1.47. The van der Waals surface area contributed by atoms with Crippen molar-refractivity contribution >= 4 is 22.7 Å². The SMILES string of the molecule is O=C(O)C1COCC1Nc1ncnc2ccccc12. The van der Waals surface area contributed by atoms with Crippen LogP contribution in [0.25, 0.3) is 10.9 Å². The van der Waals surface area contributed by atoms with E-state index in [0.29, 0.717) is 12.4 Å². The van der Waals surface area contributed by atoms with E-state index in [2.05, 4.69) is 15.3 Å². The second-order valence-corrected chi connectivity index (χ2v) is 4.47. The molecule has 2 heterocycles. The predicted molar refractivity (Wildman–Crippen MR) is 68.9 cm³/mol. The molecule has 0 saturated carbocycles. The Morgan fingerprint density at radius 1 is 1.32 bits per heavy atom. The smallest absolute Gasteiger partial charge is 0.311 e. The van der Waals surface area contributed by atoms with Crippen LogP contribution in [0.3, 0.4) is 0 Å². The lowest BCUT2D eigenvalue weighted by molar-refractivity contribution is -0.141. The number of hydrogen-bond donors (Lipinski definition) is 2. The van der Waals surface area contributed by atoms with Crippen LogP contribution in [0.2, 0.25) is 0 Å². The highest BCUT2D eigenvalue weighted by atomic mass is 16.5. The zero-order chi connectivity index (χ0) is 13.2. The summed E-state index contributed by atoms with van der Waals surface area (Å²) < 4.78 is 5.23. The molecule has 0 amide bonds. The summed E-state index contributed by atoms with van der Waals surface area (Å²) in [7, 11) is 0. The zero-order valence-corrected chi connectivity index (χ0v) is 10.1. The number of para-hydroxylation sites is 1. The van der Waals surface area contributed by atoms with Gasteiger partial charge >= 0.3 is 5.97 Å². The molecule has 6 heteroatoms. The molecule has 6 nitrogen and oxygen atoms in total. The lowest BCUT2D eigenvalue weighted by Crippen LogP contribution is -2.33. The van der Waals surface area contributed by atoms with Gasteiger partial charge in [-0.3, -0.25) is 4.79 Å². The van der Waals surface area contributed by atoms with Crippen molar-refractivity contribution in [2.75, 3.05) is 18.5 Å². The predicted octanol–water partition coefficient (Wildman–Crippen LogP) is 1.14. The van der Waals surface area contributed by atoms with Crippen molar-refractivity contribution < 1.29 is 14.6 Å². The Balaban J connectivity index is 1.91. The number of fused-ring (bicyclic) bond motifs is 1. The lowest BCUT2D eigenvalue weighted by Gasteiger charge is -2.17. The molecule has 2 aromatic rings. The number of carboxylic acid groups (broad SMARTS) is 1. The van der Waals surface area contributed by atoms with Crippen LogP contribution < -0.4 is 5.32 Å². The van der Waals surface area contributed by atoms with Gasteiger partial charge in [-0.2, -0.15) is 0 Å². The van der Waals surface area contributed by atoms with E-state index in [1.807, 2.05) is 24.3 Å². The van der Waals surface area contributed by atoms with Gasteiger partial charge in [0.1, 0.15) is 18.1 Å². The molecule has 0 aliphatic carbocycles. The zero-order valence-electron chi connectivity index (χ0n) is 10.1. The number of hydrogen-bond acceptors (Lipinski definition) is 5. The lowest BCUT2D eigenvalue weighted by atomic mass is 10.0. The maximum atomic E-state index is 11.1. The van der Waals surface area contributed by atoms with Gasteiger partial charge in [-0.15, -0.1) is 0 Å². The number of nitrogens with one attached hydrogen (secondary N) is 1. The summed E-state index contributed by atoms with van der Waals surface area (Å²) in [5.41, 5.74) is 0.825. The van der Waals surface area contributed by atoms with Gasteiger partial charge in [-0.1, -0.05) is 12.1 Å². The number of ether oxygens (including phenoxy) is 1. The topological polar surface area (TPSA) is 84.3 Å². The summed E-state index contributed by atoms with van der Waals surface area (Å²) in [6, 6.07) is 7.33. The molecule has 1 aliphatic heterocycles. The van der Waals surface area contributed by atoms with Crippen molar-refractivity contribution in [2.45, 2.75) is 6.04 Å². The minimum Gasteiger partial charge on any atom is -0.481 e. The van der Waals surface area contributed by atoms with Crippen LogP contribution in [-0.4, -0.2) is 40.3 Å². The number of anilines is 1. The first-order valence-corrected chi connectivity index (χ1v) is 6.02. The molecule has 0 radical (unpaired) electrons. The quantitative estimate of drug-likeness (QED) is 0.860. The van der Waals surface area contributed by atoms with Crippen LogP contribution >= 0.6 is 0 Å². The second-order valence-electron chi connectivity index (χ2n) is 4.47. The van der Waals surface area contributed by atoms with Crippen LogP contribution in [0.5, 0.6) is 0 Å². The van der Waals surface area contributed by atoms with Crippen LogP contribution in [0.1, 0.15) is 0 Å². The van der Waals surface area contributed by atoms with Crippen molar-refractivity contribution in [2.24, 2.45) is 5.92 Å². The minimum absolute atomic E-state index is 0.232. The van der Waals surface area contributed by atoms with Gasteiger partial charge in [0.2, 0.25) is 0 Å². The number of nitrogens with zero attached hydrogens (tertiary/aromatic N) is 2. The van der Waals surface area contributed by atoms with Gasteiger partial charge in [-0.05, 0) is 12.1 Å². The highest BCUT2D eigenvalue weighted by molar-refractivity contribution is 5.89. The fourth-order valence-electron chi connectivity index (χ4n) is 2.24. The highest BCUT2D eigenvalue weighted by Gasteiger charge is 2.34. The van der Waals surface area contributed by atoms with E-state index >= 15 is 0 Å². The first-order valence-electron chi connectivity index (χ1n) is 6.02. The van der Waals surface area contributed by atoms with Crippen LogP contribution in [0, 0.1) is 5.92 Å². The van der Waals surface area contributed by atoms with Gasteiger partial charge in [-0.25, -0.2) is 9.97 Å². The second kappa shape index (κ2) is 4.81. The highest BCUT2D eigenvalue weighted by Crippen LogP contribution is 2.23. The Morgan fingerprint density at radius 3 is 3.00 bits per heavy atom. The number of benzene rings is 1. The molecule has 1 aromatic heterocycles. The maximum absolute atomic E-state index is 11.1. The number of carbonyl (C=O) groups is 1. The maximum Gasteiger partial charge on any atom is 0.311 e. The summed E-state index contributed by atoms with van der Waals surface area (Å²) in [5.74, 6) is -0.755. The molecule has 0 spiro atoms. The Labute approximate surface area is 109 Å². The van der Waals surface area contributed by atoms with E-state index in [9.17, 15) is 4.79 Å². The Morgan fingerprint density at radius 2 is 2.16 bits per heavy atom. The largest absolute Gasteiger partial charge is 0.481 e. The molecule has 1 aromatic carbocycles. The molecule has 1 fully saturated rings. The van der Waals surface area contributed by atoms with Crippen LogP contribution in [0.15, 0.2) is 30.6 Å². The van der Waals surface area contributed by atoms with E-state index < -0.39 is 11.9 Å². The van der Waals surface area contributed by atoms with E-state index in [0.717, 1.165) is 10.9 Å². The molecule has 98 valence electrons. The normalized spacial score (nSPS) is 22.5. The Bertz CT molecular complexity index is 612. The average molecular weight is 259 g/mol. The van der Waals surface area contributed by atoms with Gasteiger partial charge in [0.25, 0.3) is 0 Å². The molecule has 2 unspecified atom stereocenters. The fraction of sp³-hybridized carbons (Fsp3) is 0.308. The van der Waals surface area contributed by atoms with E-state index in [1.54, 1.807) is 0 Å². The molecule has 2 N–H and O–H groups in total. The Hall–Kier alpha value is -2.21. The summed E-state index contributed by atoms with van der Waals surface area (Å²) >= 11 is 0. The number of aromatic nitrogens is 2. The summed E-state index contributed by atoms with van der Waals surface area (Å²) in [6.45, 7) is 0.602. The monoisotopic (exact) mass is 259 g/mol. The first kappa shape index (κ1) is 11.9. The van der Waals surface area contributed by atoms with Crippen molar-refractivity contribution in [3.63, 3.8) is 0 Å². The molecule has 1 aliphatic rings. The van der Waals surface area contributed by atoms with Gasteiger partial charge < -0.3 is 15.2 Å². The third-order valence-electron chi connectivity index (χ3n) is 3.26. The molecule has 19 heavy (non-hydrogen) atoms. The number of carboxylic acids is 1. The van der Waals surface area contributed by atoms with Crippen molar-refractivity contribution in [1.29, 1.82) is 0 Å². The number of rotatable bonds is 3. The van der Waals surface area contributed by atoms with Gasteiger partial charge in [0.15, 0.2) is 0 Å². The fourth-order valence-corrected chi connectivity index (χ4v) is 2.24. The summed E-state index contributed by atoms with van der Waals surface area (Å²) in [4.78, 5) is 19.5. The van der Waals surface area contributed by atoms with Gasteiger partial charge in [0.05, 0.1) is 24.8 Å². The third-order valence-corrected chi connectivity index (χ3v) is 3.26. The third kappa shape index (κ3) is 2.22. The molecule has 0 bridgehead atoms. The van der Waals surface area contributed by atoms with E-state index in [-0.39, 0.29) is 12.6 Å². The van der Waals surface area contributed by atoms with E-state index in [1.165, 1.54) is 6.33 Å². The average Bonchev–Trinajstić information content (AvgIpc) is 2.87. The standard InChI is InChI=1S/C13H13N3O3/c17-13(18)9-5-19-6-11(9)16-12-8-3-1-2-4-10(8)14-7-15-12/h1-4,7,9,11H,5-6H2,(H,17,18)(H,14,15,16). The molecular formula is C13H13N3O3. The van der Waals surface area contributed by atoms with Crippen molar-refractivity contribution in [1.82, 2.24) is 9.97 Å². The molecular weight excluding hydrogens is 246 g/mol. The van der Waals surface area contributed by atoms with Crippen molar-refractivity contribution in [3.8, 4) is 0 Å². The van der Waals surface area contributed by atoms with Crippen molar-refractivity contribution in [3.05, 3.63) is 30.6 Å². The Kier molecular flexibility index (Phi) is 3.00. The van der Waals surface area contributed by atoms with Crippen LogP contribution in [-0.2, 0) is 9.53 Å². The molecule has 3 rings (SSSR count). The van der Waals surface area contributed by atoms with Gasteiger partial charge in [0, 0.05) is 5.39 Å². The molecule has 2 atom stereocenters. The minimum atomic E-state index is -0.853. The summed E-state index contributed by atoms with van der Waals surface area (Å²) in [5, 5.41) is 13.2. The number of aliphatic carboxylic acids is 1. The first-order chi connectivity index (χ1) is 9.25.